The quantitative estimate of drug-likeness (QED) is 0.723. The van der Waals surface area contributed by atoms with Gasteiger partial charge < -0.3 is 4.90 Å². The SMILES string of the molecule is Fc1ccc(C(Cl)CN2CCC2)cc1F. The highest BCUT2D eigenvalue weighted by atomic mass is 35.5. The maximum Gasteiger partial charge on any atom is 0.159 e. The van der Waals surface area contributed by atoms with Crippen LogP contribution < -0.4 is 0 Å². The molecule has 0 spiro atoms. The topological polar surface area (TPSA) is 3.24 Å². The maximum atomic E-state index is 12.9. The smallest absolute Gasteiger partial charge is 0.159 e. The van der Waals surface area contributed by atoms with E-state index in [-0.39, 0.29) is 5.38 Å². The van der Waals surface area contributed by atoms with Gasteiger partial charge in [0.15, 0.2) is 11.6 Å². The van der Waals surface area contributed by atoms with Crippen molar-refractivity contribution in [1.29, 1.82) is 0 Å². The van der Waals surface area contributed by atoms with Crippen molar-refractivity contribution >= 4 is 11.6 Å². The maximum absolute atomic E-state index is 12.9. The number of likely N-dealkylation sites (tertiary alicyclic amines) is 1. The molecular formula is C11H12ClF2N. The normalized spacial score (nSPS) is 18.6. The van der Waals surface area contributed by atoms with Crippen molar-refractivity contribution in [2.75, 3.05) is 19.6 Å². The Morgan fingerprint density at radius 1 is 1.27 bits per heavy atom. The summed E-state index contributed by atoms with van der Waals surface area (Å²) in [5, 5.41) is -0.264. The lowest BCUT2D eigenvalue weighted by molar-refractivity contribution is 0.181. The first-order valence-corrected chi connectivity index (χ1v) is 5.42. The van der Waals surface area contributed by atoms with Crippen LogP contribution in [0.2, 0.25) is 0 Å². The largest absolute Gasteiger partial charge is 0.301 e. The molecule has 1 aliphatic rings. The Balaban J connectivity index is 2.03. The third kappa shape index (κ3) is 2.47. The standard InChI is InChI=1S/C11H12ClF2N/c12-9(7-15-4-1-5-15)8-2-3-10(13)11(14)6-8/h2-3,6,9H,1,4-5,7H2. The number of halogens is 3. The summed E-state index contributed by atoms with van der Waals surface area (Å²) in [6, 6.07) is 3.83. The molecule has 1 heterocycles. The third-order valence-corrected chi connectivity index (χ3v) is 3.06. The summed E-state index contributed by atoms with van der Waals surface area (Å²) in [7, 11) is 0. The molecule has 0 N–H and O–H groups in total. The predicted molar refractivity (Wildman–Crippen MR) is 56.0 cm³/mol. The number of nitrogens with zero attached hydrogens (tertiary/aromatic N) is 1. The molecule has 1 aliphatic heterocycles. The van der Waals surface area contributed by atoms with Crippen LogP contribution in [-0.4, -0.2) is 24.5 Å². The molecule has 15 heavy (non-hydrogen) atoms. The van der Waals surface area contributed by atoms with E-state index in [0.29, 0.717) is 12.1 Å². The van der Waals surface area contributed by atoms with E-state index >= 15 is 0 Å². The van der Waals surface area contributed by atoms with Crippen LogP contribution in [-0.2, 0) is 0 Å². The second-order valence-corrected chi connectivity index (χ2v) is 4.32. The van der Waals surface area contributed by atoms with E-state index in [0.717, 1.165) is 19.2 Å². The molecule has 4 heteroatoms. The Kier molecular flexibility index (Phi) is 3.22. The van der Waals surface area contributed by atoms with Gasteiger partial charge in [-0.15, -0.1) is 11.6 Å². The van der Waals surface area contributed by atoms with Crippen LogP contribution in [0.3, 0.4) is 0 Å². The van der Waals surface area contributed by atoms with E-state index in [1.807, 2.05) is 0 Å². The molecule has 0 aromatic heterocycles. The monoisotopic (exact) mass is 231 g/mol. The molecule has 0 bridgehead atoms. The molecule has 1 aromatic rings. The molecule has 0 saturated carbocycles. The summed E-state index contributed by atoms with van der Waals surface area (Å²) >= 11 is 6.11. The van der Waals surface area contributed by atoms with Crippen molar-refractivity contribution in [2.24, 2.45) is 0 Å². The zero-order valence-corrected chi connectivity index (χ0v) is 8.97. The summed E-state index contributed by atoms with van der Waals surface area (Å²) < 4.78 is 25.6. The molecule has 1 aromatic carbocycles. The molecule has 1 nitrogen and oxygen atoms in total. The minimum Gasteiger partial charge on any atom is -0.301 e. The van der Waals surface area contributed by atoms with Gasteiger partial charge in [-0.25, -0.2) is 8.78 Å². The minimum absolute atomic E-state index is 0.264. The molecule has 0 amide bonds. The molecule has 1 fully saturated rings. The van der Waals surface area contributed by atoms with Gasteiger partial charge in [-0.1, -0.05) is 6.07 Å². The van der Waals surface area contributed by atoms with E-state index in [1.54, 1.807) is 0 Å². The first-order chi connectivity index (χ1) is 7.16. The second-order valence-electron chi connectivity index (χ2n) is 3.80. The third-order valence-electron chi connectivity index (χ3n) is 2.67. The zero-order valence-electron chi connectivity index (χ0n) is 8.22. The number of hydrogen-bond donors (Lipinski definition) is 0. The van der Waals surface area contributed by atoms with Gasteiger partial charge in [0.05, 0.1) is 5.38 Å². The van der Waals surface area contributed by atoms with Gasteiger partial charge >= 0.3 is 0 Å². The zero-order chi connectivity index (χ0) is 10.8. The van der Waals surface area contributed by atoms with Crippen molar-refractivity contribution in [3.8, 4) is 0 Å². The predicted octanol–water partition coefficient (Wildman–Crippen LogP) is 2.95. The Labute approximate surface area is 92.6 Å². The fraction of sp³-hybridized carbons (Fsp3) is 0.455. The highest BCUT2D eigenvalue weighted by Gasteiger charge is 2.19. The average molecular weight is 232 g/mol. The van der Waals surface area contributed by atoms with Crippen LogP contribution in [0.15, 0.2) is 18.2 Å². The highest BCUT2D eigenvalue weighted by molar-refractivity contribution is 6.21. The van der Waals surface area contributed by atoms with Gasteiger partial charge in [-0.3, -0.25) is 0 Å². The van der Waals surface area contributed by atoms with Crippen LogP contribution in [0.4, 0.5) is 8.78 Å². The van der Waals surface area contributed by atoms with Crippen LogP contribution >= 0.6 is 11.6 Å². The van der Waals surface area contributed by atoms with Gasteiger partial charge in [0.25, 0.3) is 0 Å². The lowest BCUT2D eigenvalue weighted by Gasteiger charge is -2.32. The molecule has 1 atom stereocenters. The second kappa shape index (κ2) is 4.45. The van der Waals surface area contributed by atoms with E-state index in [9.17, 15) is 8.78 Å². The molecule has 2 rings (SSSR count). The Bertz CT molecular complexity index is 352. The van der Waals surface area contributed by atoms with Crippen molar-refractivity contribution in [3.63, 3.8) is 0 Å². The summed E-state index contributed by atoms with van der Waals surface area (Å²) in [5.74, 6) is -1.66. The van der Waals surface area contributed by atoms with Crippen molar-refractivity contribution in [3.05, 3.63) is 35.4 Å². The first kappa shape index (κ1) is 10.8. The van der Waals surface area contributed by atoms with Crippen molar-refractivity contribution in [2.45, 2.75) is 11.8 Å². The number of rotatable bonds is 3. The van der Waals surface area contributed by atoms with Crippen LogP contribution in [0.5, 0.6) is 0 Å². The van der Waals surface area contributed by atoms with Crippen LogP contribution in [0.1, 0.15) is 17.4 Å². The molecule has 82 valence electrons. The Hall–Kier alpha value is -0.670. The van der Waals surface area contributed by atoms with Crippen molar-refractivity contribution in [1.82, 2.24) is 4.90 Å². The Morgan fingerprint density at radius 2 is 2.00 bits per heavy atom. The van der Waals surface area contributed by atoms with Crippen molar-refractivity contribution < 1.29 is 8.78 Å². The van der Waals surface area contributed by atoms with E-state index in [2.05, 4.69) is 4.90 Å². The Morgan fingerprint density at radius 3 is 2.53 bits per heavy atom. The molecule has 1 saturated heterocycles. The molecule has 0 radical (unpaired) electrons. The molecule has 0 aliphatic carbocycles. The number of benzene rings is 1. The van der Waals surface area contributed by atoms with E-state index < -0.39 is 11.6 Å². The van der Waals surface area contributed by atoms with Gasteiger partial charge in [-0.05, 0) is 37.2 Å². The van der Waals surface area contributed by atoms with Gasteiger partial charge in [0, 0.05) is 6.54 Å². The van der Waals surface area contributed by atoms with E-state index in [4.69, 9.17) is 11.6 Å². The number of alkyl halides is 1. The lowest BCUT2D eigenvalue weighted by atomic mass is 10.1. The number of hydrogen-bond acceptors (Lipinski definition) is 1. The van der Waals surface area contributed by atoms with Gasteiger partial charge in [0.1, 0.15) is 0 Å². The fourth-order valence-electron chi connectivity index (χ4n) is 1.60. The molecule has 1 unspecified atom stereocenters. The summed E-state index contributed by atoms with van der Waals surface area (Å²) in [4.78, 5) is 2.19. The van der Waals surface area contributed by atoms with Gasteiger partial charge in [-0.2, -0.15) is 0 Å². The highest BCUT2D eigenvalue weighted by Crippen LogP contribution is 2.24. The first-order valence-electron chi connectivity index (χ1n) is 4.98. The van der Waals surface area contributed by atoms with Crippen LogP contribution in [0.25, 0.3) is 0 Å². The fourth-order valence-corrected chi connectivity index (χ4v) is 1.93. The summed E-state index contributed by atoms with van der Waals surface area (Å²) in [5.41, 5.74) is 0.641. The minimum atomic E-state index is -0.832. The van der Waals surface area contributed by atoms with Gasteiger partial charge in [0.2, 0.25) is 0 Å². The van der Waals surface area contributed by atoms with E-state index in [1.165, 1.54) is 18.6 Å². The lowest BCUT2D eigenvalue weighted by Crippen LogP contribution is -2.39. The summed E-state index contributed by atoms with van der Waals surface area (Å²) in [6.07, 6.45) is 1.20. The average Bonchev–Trinajstić information content (AvgIpc) is 2.15. The van der Waals surface area contributed by atoms with Crippen LogP contribution in [0, 0.1) is 11.6 Å². The summed E-state index contributed by atoms with van der Waals surface area (Å²) in [6.45, 7) is 2.80. The molecular weight excluding hydrogens is 220 g/mol.